The Bertz CT molecular complexity index is 637. The highest BCUT2D eigenvalue weighted by atomic mass is 31.2. The van der Waals surface area contributed by atoms with Gasteiger partial charge in [0.2, 0.25) is 0 Å². The monoisotopic (exact) mass is 292 g/mol. The van der Waals surface area contributed by atoms with Crippen molar-refractivity contribution in [3.63, 3.8) is 0 Å². The predicted molar refractivity (Wildman–Crippen MR) is 79.5 cm³/mol. The number of pyridine rings is 1. The second kappa shape index (κ2) is 5.75. The molecule has 0 aliphatic rings. The molecule has 5 nitrogen and oxygen atoms in total. The fourth-order valence-electron chi connectivity index (χ4n) is 1.73. The van der Waals surface area contributed by atoms with Gasteiger partial charge in [-0.1, -0.05) is 29.8 Å². The second-order valence-electron chi connectivity index (χ2n) is 4.71. The molecular weight excluding hydrogens is 275 g/mol. The van der Waals surface area contributed by atoms with Crippen molar-refractivity contribution in [1.82, 2.24) is 4.98 Å². The molecule has 1 unspecified atom stereocenters. The van der Waals surface area contributed by atoms with Crippen LogP contribution in [0.1, 0.15) is 12.5 Å². The van der Waals surface area contributed by atoms with Gasteiger partial charge in [-0.3, -0.25) is 4.57 Å². The Morgan fingerprint density at radius 1 is 1.15 bits per heavy atom. The zero-order chi connectivity index (χ0) is 14.8. The molecule has 2 aromatic rings. The minimum atomic E-state index is -4.17. The smallest absolute Gasteiger partial charge is 0.347 e. The molecule has 1 aromatic heterocycles. The van der Waals surface area contributed by atoms with Gasteiger partial charge in [0.25, 0.3) is 0 Å². The normalized spacial score (nSPS) is 13.0. The van der Waals surface area contributed by atoms with Crippen molar-refractivity contribution in [2.75, 3.05) is 5.32 Å². The van der Waals surface area contributed by atoms with Crippen molar-refractivity contribution in [1.29, 1.82) is 0 Å². The van der Waals surface area contributed by atoms with Crippen molar-refractivity contribution in [2.24, 2.45) is 0 Å². The molecule has 0 aliphatic carbocycles. The maximum atomic E-state index is 11.1. The van der Waals surface area contributed by atoms with E-state index in [0.717, 1.165) is 11.1 Å². The molecule has 106 valence electrons. The molecule has 1 heterocycles. The number of anilines is 1. The molecule has 1 aromatic carbocycles. The maximum Gasteiger partial charge on any atom is 0.347 e. The van der Waals surface area contributed by atoms with Crippen molar-refractivity contribution in [3.05, 3.63) is 48.2 Å². The molecule has 0 fully saturated rings. The lowest BCUT2D eigenvalue weighted by Gasteiger charge is -2.16. The third kappa shape index (κ3) is 3.67. The van der Waals surface area contributed by atoms with E-state index in [1.165, 1.54) is 12.5 Å². The Balaban J connectivity index is 2.24. The van der Waals surface area contributed by atoms with Crippen molar-refractivity contribution in [3.8, 4) is 11.1 Å². The molecule has 0 radical (unpaired) electrons. The average molecular weight is 292 g/mol. The minimum absolute atomic E-state index is 0.443. The van der Waals surface area contributed by atoms with Crippen LogP contribution in [0.3, 0.4) is 0 Å². The van der Waals surface area contributed by atoms with Gasteiger partial charge in [-0.2, -0.15) is 0 Å². The Kier molecular flexibility index (Phi) is 4.23. The van der Waals surface area contributed by atoms with Crippen LogP contribution in [0.25, 0.3) is 11.1 Å². The van der Waals surface area contributed by atoms with Crippen molar-refractivity contribution < 1.29 is 14.4 Å². The zero-order valence-electron chi connectivity index (χ0n) is 11.3. The number of benzene rings is 1. The van der Waals surface area contributed by atoms with Crippen LogP contribution in [-0.2, 0) is 4.57 Å². The van der Waals surface area contributed by atoms with Crippen LogP contribution in [0.4, 0.5) is 5.82 Å². The molecule has 0 saturated heterocycles. The maximum absolute atomic E-state index is 11.1. The summed E-state index contributed by atoms with van der Waals surface area (Å²) in [7, 11) is -4.17. The molecule has 1 atom stereocenters. The molecule has 20 heavy (non-hydrogen) atoms. The molecule has 0 aliphatic heterocycles. The van der Waals surface area contributed by atoms with E-state index in [4.69, 9.17) is 9.79 Å². The number of nitrogens with zero attached hydrogens (tertiary/aromatic N) is 1. The Hall–Kier alpha value is -1.68. The molecule has 0 bridgehead atoms. The molecular formula is C14H17N2O3P. The summed E-state index contributed by atoms with van der Waals surface area (Å²) < 4.78 is 11.1. The van der Waals surface area contributed by atoms with Gasteiger partial charge >= 0.3 is 7.60 Å². The molecule has 0 saturated carbocycles. The number of nitrogens with one attached hydrogen (secondary N) is 1. The number of hydrogen-bond donors (Lipinski definition) is 3. The first-order valence-corrected chi connectivity index (χ1v) is 7.89. The predicted octanol–water partition coefficient (Wildman–Crippen LogP) is 2.99. The Labute approximate surface area is 117 Å². The van der Waals surface area contributed by atoms with Crippen molar-refractivity contribution in [2.45, 2.75) is 19.6 Å². The van der Waals surface area contributed by atoms with Crippen LogP contribution in [0.15, 0.2) is 42.6 Å². The van der Waals surface area contributed by atoms with Gasteiger partial charge < -0.3 is 15.1 Å². The van der Waals surface area contributed by atoms with Crippen LogP contribution in [0.2, 0.25) is 0 Å². The fourth-order valence-corrected chi connectivity index (χ4v) is 2.03. The number of aryl methyl sites for hydroxylation is 1. The summed E-state index contributed by atoms with van der Waals surface area (Å²) in [6.07, 6.45) is 1.61. The summed E-state index contributed by atoms with van der Waals surface area (Å²) in [4.78, 5) is 22.3. The number of hydrogen-bond acceptors (Lipinski definition) is 3. The summed E-state index contributed by atoms with van der Waals surface area (Å²) in [5, 5.41) is 2.73. The highest BCUT2D eigenvalue weighted by molar-refractivity contribution is 7.52. The third-order valence-corrected chi connectivity index (χ3v) is 4.14. The van der Waals surface area contributed by atoms with Gasteiger partial charge in [-0.05, 0) is 37.1 Å². The van der Waals surface area contributed by atoms with E-state index in [-0.39, 0.29) is 0 Å². The fraction of sp³-hybridized carbons (Fsp3) is 0.214. The van der Waals surface area contributed by atoms with E-state index in [0.29, 0.717) is 5.82 Å². The Morgan fingerprint density at radius 2 is 1.80 bits per heavy atom. The van der Waals surface area contributed by atoms with Gasteiger partial charge in [0.05, 0.1) is 0 Å². The van der Waals surface area contributed by atoms with Crippen LogP contribution in [-0.4, -0.2) is 20.6 Å². The summed E-state index contributed by atoms with van der Waals surface area (Å²) in [5.74, 6) is -0.526. The van der Waals surface area contributed by atoms with E-state index in [1.807, 2.05) is 37.3 Å². The van der Waals surface area contributed by atoms with Crippen molar-refractivity contribution >= 4 is 13.4 Å². The van der Waals surface area contributed by atoms with E-state index in [2.05, 4.69) is 10.3 Å². The molecule has 0 amide bonds. The van der Waals surface area contributed by atoms with Gasteiger partial charge in [-0.25, -0.2) is 4.98 Å². The van der Waals surface area contributed by atoms with Crippen LogP contribution in [0, 0.1) is 6.92 Å². The molecule has 6 heteroatoms. The SMILES string of the molecule is Cc1ccc(-c2ccnc(NC(C)P(=O)(O)O)c2)cc1. The van der Waals surface area contributed by atoms with Crippen LogP contribution < -0.4 is 5.32 Å². The summed E-state index contributed by atoms with van der Waals surface area (Å²) in [5.41, 5.74) is 3.15. The quantitative estimate of drug-likeness (QED) is 0.755. The summed E-state index contributed by atoms with van der Waals surface area (Å²) in [6, 6.07) is 11.7. The highest BCUT2D eigenvalue weighted by Gasteiger charge is 2.23. The lowest BCUT2D eigenvalue weighted by Crippen LogP contribution is -2.15. The van der Waals surface area contributed by atoms with E-state index < -0.39 is 13.4 Å². The molecule has 2 rings (SSSR count). The average Bonchev–Trinajstić information content (AvgIpc) is 2.39. The molecule has 3 N–H and O–H groups in total. The lowest BCUT2D eigenvalue weighted by atomic mass is 10.1. The Morgan fingerprint density at radius 3 is 2.40 bits per heavy atom. The van der Waals surface area contributed by atoms with Gasteiger partial charge in [0.15, 0.2) is 0 Å². The zero-order valence-corrected chi connectivity index (χ0v) is 12.2. The summed E-state index contributed by atoms with van der Waals surface area (Å²) >= 11 is 0. The standard InChI is InChI=1S/C14H17N2O3P/c1-10-3-5-12(6-4-10)13-7-8-15-14(9-13)16-11(2)20(17,18)19/h3-9,11H,1-2H3,(H,15,16)(H2,17,18,19). The van der Waals surface area contributed by atoms with E-state index in [1.54, 1.807) is 12.3 Å². The first-order valence-electron chi connectivity index (χ1n) is 6.21. The van der Waals surface area contributed by atoms with Crippen LogP contribution in [0.5, 0.6) is 0 Å². The highest BCUT2D eigenvalue weighted by Crippen LogP contribution is 2.40. The second-order valence-corrected chi connectivity index (χ2v) is 6.66. The minimum Gasteiger partial charge on any atom is -0.356 e. The summed E-state index contributed by atoms with van der Waals surface area (Å²) in [6.45, 7) is 3.45. The first kappa shape index (κ1) is 14.7. The lowest BCUT2D eigenvalue weighted by molar-refractivity contribution is 0.364. The largest absolute Gasteiger partial charge is 0.356 e. The van der Waals surface area contributed by atoms with Gasteiger partial charge in [0.1, 0.15) is 11.6 Å². The number of aromatic nitrogens is 1. The third-order valence-electron chi connectivity index (χ3n) is 3.01. The first-order chi connectivity index (χ1) is 9.36. The van der Waals surface area contributed by atoms with E-state index >= 15 is 0 Å². The van der Waals surface area contributed by atoms with Gasteiger partial charge in [-0.15, -0.1) is 0 Å². The van der Waals surface area contributed by atoms with Gasteiger partial charge in [0, 0.05) is 6.20 Å². The van der Waals surface area contributed by atoms with Crippen LogP contribution >= 0.6 is 7.60 Å². The molecule has 0 spiro atoms. The van der Waals surface area contributed by atoms with E-state index in [9.17, 15) is 4.57 Å². The topological polar surface area (TPSA) is 82.5 Å². The number of rotatable bonds is 4.